The van der Waals surface area contributed by atoms with E-state index in [2.05, 4.69) is 15.6 Å². The van der Waals surface area contributed by atoms with E-state index in [1.165, 1.54) is 0 Å². The van der Waals surface area contributed by atoms with Crippen molar-refractivity contribution in [3.8, 4) is 0 Å². The lowest BCUT2D eigenvalue weighted by Crippen LogP contribution is -2.23. The van der Waals surface area contributed by atoms with E-state index in [0.717, 1.165) is 5.56 Å². The van der Waals surface area contributed by atoms with Gasteiger partial charge < -0.3 is 10.6 Å². The summed E-state index contributed by atoms with van der Waals surface area (Å²) in [6.07, 6.45) is 3.35. The molecule has 0 fully saturated rings. The van der Waals surface area contributed by atoms with E-state index in [0.29, 0.717) is 28.4 Å². The lowest BCUT2D eigenvalue weighted by molar-refractivity contribution is 0.0949. The average molecular weight is 366 g/mol. The standard InChI is InChI=1S/C20H16ClN3O2/c21-17-2-1-3-18(12-17)24-20(26)16-6-4-15(5-7-16)19(25)23-13-14-8-10-22-11-9-14/h1-12H,13H2,(H,23,25)(H,24,26). The van der Waals surface area contributed by atoms with Gasteiger partial charge in [0.2, 0.25) is 0 Å². The summed E-state index contributed by atoms with van der Waals surface area (Å²) >= 11 is 5.90. The fourth-order valence-corrected chi connectivity index (χ4v) is 2.52. The molecule has 2 N–H and O–H groups in total. The van der Waals surface area contributed by atoms with Crippen LogP contribution in [-0.2, 0) is 6.54 Å². The van der Waals surface area contributed by atoms with Crippen molar-refractivity contribution < 1.29 is 9.59 Å². The maximum atomic E-state index is 12.3. The van der Waals surface area contributed by atoms with E-state index in [-0.39, 0.29) is 11.8 Å². The van der Waals surface area contributed by atoms with Gasteiger partial charge in [0.25, 0.3) is 11.8 Å². The van der Waals surface area contributed by atoms with E-state index in [1.807, 2.05) is 12.1 Å². The SMILES string of the molecule is O=C(NCc1ccncc1)c1ccc(C(=O)Nc2cccc(Cl)c2)cc1. The zero-order valence-corrected chi connectivity index (χ0v) is 14.5. The van der Waals surface area contributed by atoms with Gasteiger partial charge in [0.1, 0.15) is 0 Å². The van der Waals surface area contributed by atoms with Crippen LogP contribution in [0.4, 0.5) is 5.69 Å². The van der Waals surface area contributed by atoms with Crippen LogP contribution in [0.5, 0.6) is 0 Å². The second-order valence-corrected chi connectivity index (χ2v) is 6.02. The van der Waals surface area contributed by atoms with Crippen molar-refractivity contribution in [3.63, 3.8) is 0 Å². The van der Waals surface area contributed by atoms with Gasteiger partial charge >= 0.3 is 0 Å². The lowest BCUT2D eigenvalue weighted by Gasteiger charge is -2.08. The second kappa shape index (κ2) is 8.27. The molecule has 2 amide bonds. The summed E-state index contributed by atoms with van der Waals surface area (Å²) in [6, 6.07) is 17.1. The van der Waals surface area contributed by atoms with Crippen LogP contribution in [0, 0.1) is 0 Å². The van der Waals surface area contributed by atoms with Crippen molar-refractivity contribution in [1.29, 1.82) is 0 Å². The first-order valence-electron chi connectivity index (χ1n) is 7.96. The molecule has 0 aliphatic carbocycles. The highest BCUT2D eigenvalue weighted by Gasteiger charge is 2.09. The van der Waals surface area contributed by atoms with Gasteiger partial charge in [-0.1, -0.05) is 17.7 Å². The molecule has 5 nitrogen and oxygen atoms in total. The molecule has 26 heavy (non-hydrogen) atoms. The Labute approximate surface area is 156 Å². The number of amides is 2. The van der Waals surface area contributed by atoms with Crippen LogP contribution < -0.4 is 10.6 Å². The molecule has 6 heteroatoms. The maximum absolute atomic E-state index is 12.3. The Kier molecular flexibility index (Phi) is 5.61. The van der Waals surface area contributed by atoms with Crippen LogP contribution in [0.25, 0.3) is 0 Å². The third-order valence-corrected chi connectivity index (χ3v) is 3.93. The highest BCUT2D eigenvalue weighted by atomic mass is 35.5. The highest BCUT2D eigenvalue weighted by Crippen LogP contribution is 2.16. The molecule has 1 heterocycles. The third kappa shape index (κ3) is 4.68. The zero-order valence-electron chi connectivity index (χ0n) is 13.8. The van der Waals surface area contributed by atoms with E-state index in [4.69, 9.17) is 11.6 Å². The minimum Gasteiger partial charge on any atom is -0.348 e. The Hall–Kier alpha value is -3.18. The molecule has 3 rings (SSSR count). The zero-order chi connectivity index (χ0) is 18.4. The first-order chi connectivity index (χ1) is 12.6. The lowest BCUT2D eigenvalue weighted by atomic mass is 10.1. The Balaban J connectivity index is 1.60. The number of pyridine rings is 1. The minimum atomic E-state index is -0.268. The molecule has 2 aromatic carbocycles. The number of carbonyl (C=O) groups is 2. The van der Waals surface area contributed by atoms with Gasteiger partial charge in [-0.3, -0.25) is 14.6 Å². The van der Waals surface area contributed by atoms with Gasteiger partial charge in [0.05, 0.1) is 0 Å². The normalized spacial score (nSPS) is 10.2. The van der Waals surface area contributed by atoms with Crippen LogP contribution in [-0.4, -0.2) is 16.8 Å². The average Bonchev–Trinajstić information content (AvgIpc) is 2.67. The topological polar surface area (TPSA) is 71.1 Å². The molecule has 0 aliphatic heterocycles. The number of halogens is 1. The summed E-state index contributed by atoms with van der Waals surface area (Å²) in [4.78, 5) is 28.4. The smallest absolute Gasteiger partial charge is 0.255 e. The van der Waals surface area contributed by atoms with Crippen LogP contribution in [0.3, 0.4) is 0 Å². The van der Waals surface area contributed by atoms with Crippen molar-refractivity contribution in [2.45, 2.75) is 6.54 Å². The summed E-state index contributed by atoms with van der Waals surface area (Å²) in [5, 5.41) is 6.14. The van der Waals surface area contributed by atoms with E-state index < -0.39 is 0 Å². The molecule has 0 saturated heterocycles. The molecule has 130 valence electrons. The number of hydrogen-bond acceptors (Lipinski definition) is 3. The summed E-state index contributed by atoms with van der Waals surface area (Å²) in [7, 11) is 0. The number of carbonyl (C=O) groups excluding carboxylic acids is 2. The quantitative estimate of drug-likeness (QED) is 0.720. The Morgan fingerprint density at radius 2 is 1.54 bits per heavy atom. The monoisotopic (exact) mass is 365 g/mol. The van der Waals surface area contributed by atoms with Gasteiger partial charge in [-0.25, -0.2) is 0 Å². The predicted octanol–water partition coefficient (Wildman–Crippen LogP) is 3.92. The van der Waals surface area contributed by atoms with Crippen molar-refractivity contribution in [3.05, 3.63) is 94.8 Å². The van der Waals surface area contributed by atoms with E-state index >= 15 is 0 Å². The number of hydrogen-bond donors (Lipinski definition) is 2. The Morgan fingerprint density at radius 1 is 0.885 bits per heavy atom. The molecule has 0 bridgehead atoms. The van der Waals surface area contributed by atoms with E-state index in [9.17, 15) is 9.59 Å². The number of nitrogens with zero attached hydrogens (tertiary/aromatic N) is 1. The van der Waals surface area contributed by atoms with Crippen LogP contribution in [0.1, 0.15) is 26.3 Å². The summed E-state index contributed by atoms with van der Waals surface area (Å²) in [5.41, 5.74) is 2.52. The van der Waals surface area contributed by atoms with E-state index in [1.54, 1.807) is 60.9 Å². The van der Waals surface area contributed by atoms with Gasteiger partial charge in [-0.15, -0.1) is 0 Å². The number of rotatable bonds is 5. The number of aromatic nitrogens is 1. The molecular weight excluding hydrogens is 350 g/mol. The largest absolute Gasteiger partial charge is 0.348 e. The van der Waals surface area contributed by atoms with Gasteiger partial charge in [0.15, 0.2) is 0 Å². The van der Waals surface area contributed by atoms with Crippen molar-refractivity contribution >= 4 is 29.1 Å². The summed E-state index contributed by atoms with van der Waals surface area (Å²) in [5.74, 6) is -0.473. The van der Waals surface area contributed by atoms with Gasteiger partial charge in [0, 0.05) is 40.8 Å². The number of benzene rings is 2. The minimum absolute atomic E-state index is 0.205. The predicted molar refractivity (Wildman–Crippen MR) is 101 cm³/mol. The molecular formula is C20H16ClN3O2. The fraction of sp³-hybridized carbons (Fsp3) is 0.0500. The van der Waals surface area contributed by atoms with Crippen molar-refractivity contribution in [2.75, 3.05) is 5.32 Å². The Bertz CT molecular complexity index is 912. The summed E-state index contributed by atoms with van der Waals surface area (Å²) < 4.78 is 0. The summed E-state index contributed by atoms with van der Waals surface area (Å²) in [6.45, 7) is 0.415. The number of anilines is 1. The fourth-order valence-electron chi connectivity index (χ4n) is 2.33. The van der Waals surface area contributed by atoms with Gasteiger partial charge in [-0.2, -0.15) is 0 Å². The van der Waals surface area contributed by atoms with Gasteiger partial charge in [-0.05, 0) is 60.2 Å². The van der Waals surface area contributed by atoms with Crippen LogP contribution in [0.2, 0.25) is 5.02 Å². The molecule has 0 aliphatic rings. The number of nitrogens with one attached hydrogen (secondary N) is 2. The molecule has 1 aromatic heterocycles. The van der Waals surface area contributed by atoms with Crippen LogP contribution >= 0.6 is 11.6 Å². The van der Waals surface area contributed by atoms with Crippen molar-refractivity contribution in [2.24, 2.45) is 0 Å². The molecule has 0 radical (unpaired) electrons. The van der Waals surface area contributed by atoms with Crippen LogP contribution in [0.15, 0.2) is 73.1 Å². The molecule has 0 unspecified atom stereocenters. The van der Waals surface area contributed by atoms with Crippen molar-refractivity contribution in [1.82, 2.24) is 10.3 Å². The maximum Gasteiger partial charge on any atom is 0.255 e. The molecule has 0 spiro atoms. The molecule has 0 atom stereocenters. The first-order valence-corrected chi connectivity index (χ1v) is 8.34. The molecule has 0 saturated carbocycles. The Morgan fingerprint density at radius 3 is 2.19 bits per heavy atom. The first kappa shape index (κ1) is 17.6. The third-order valence-electron chi connectivity index (χ3n) is 3.69. The highest BCUT2D eigenvalue weighted by molar-refractivity contribution is 6.31. The second-order valence-electron chi connectivity index (χ2n) is 5.58. The molecule has 3 aromatic rings.